The summed E-state index contributed by atoms with van der Waals surface area (Å²) in [6.07, 6.45) is 2.41. The van der Waals surface area contributed by atoms with Crippen molar-refractivity contribution in [2.45, 2.75) is 31.8 Å². The molecule has 1 fully saturated rings. The van der Waals surface area contributed by atoms with Crippen molar-refractivity contribution < 1.29 is 4.79 Å². The van der Waals surface area contributed by atoms with Gasteiger partial charge in [-0.05, 0) is 18.9 Å². The van der Waals surface area contributed by atoms with Gasteiger partial charge in [0.25, 0.3) is 5.56 Å². The molecule has 0 saturated heterocycles. The van der Waals surface area contributed by atoms with Crippen LogP contribution in [0.15, 0.2) is 47.3 Å². The molecule has 5 nitrogen and oxygen atoms in total. The van der Waals surface area contributed by atoms with E-state index in [1.54, 1.807) is 6.07 Å². The summed E-state index contributed by atoms with van der Waals surface area (Å²) in [7, 11) is 0. The van der Waals surface area contributed by atoms with Gasteiger partial charge in [0.2, 0.25) is 5.91 Å². The van der Waals surface area contributed by atoms with Crippen LogP contribution in [-0.4, -0.2) is 21.7 Å². The average Bonchev–Trinajstić information content (AvgIpc) is 3.31. The second-order valence-electron chi connectivity index (χ2n) is 5.24. The molecule has 3 rings (SSSR count). The van der Waals surface area contributed by atoms with Crippen LogP contribution in [0.5, 0.6) is 0 Å². The number of aromatic nitrogens is 2. The molecule has 108 valence electrons. The molecule has 1 aromatic heterocycles. The third-order valence-corrected chi connectivity index (χ3v) is 3.43. The number of hydrogen-bond acceptors (Lipinski definition) is 3. The van der Waals surface area contributed by atoms with Crippen LogP contribution in [0.25, 0.3) is 11.3 Å². The summed E-state index contributed by atoms with van der Waals surface area (Å²) < 4.78 is 1.36. The van der Waals surface area contributed by atoms with Gasteiger partial charge in [0.05, 0.1) is 12.2 Å². The molecule has 21 heavy (non-hydrogen) atoms. The van der Waals surface area contributed by atoms with E-state index in [1.807, 2.05) is 30.3 Å². The molecule has 5 heteroatoms. The predicted octanol–water partition coefficient (Wildman–Crippen LogP) is 1.58. The molecule has 1 amide bonds. The molecular weight excluding hydrogens is 266 g/mol. The maximum Gasteiger partial charge on any atom is 0.266 e. The fourth-order valence-electron chi connectivity index (χ4n) is 2.11. The lowest BCUT2D eigenvalue weighted by atomic mass is 10.1. The lowest BCUT2D eigenvalue weighted by Gasteiger charge is -2.07. The lowest BCUT2D eigenvalue weighted by Crippen LogP contribution is -2.29. The Hall–Kier alpha value is -2.43. The normalized spacial score (nSPS) is 13.9. The summed E-state index contributed by atoms with van der Waals surface area (Å²) in [6.45, 7) is 0.304. The third-order valence-electron chi connectivity index (χ3n) is 3.43. The number of carbonyl (C=O) groups excluding carboxylic acids is 1. The zero-order valence-electron chi connectivity index (χ0n) is 11.7. The van der Waals surface area contributed by atoms with E-state index >= 15 is 0 Å². The molecular formula is C16H17N3O2. The Balaban J connectivity index is 1.72. The van der Waals surface area contributed by atoms with Gasteiger partial charge in [-0.3, -0.25) is 9.59 Å². The summed E-state index contributed by atoms with van der Waals surface area (Å²) in [4.78, 5) is 23.5. The molecule has 1 N–H and O–H groups in total. The number of hydrogen-bond donors (Lipinski definition) is 1. The minimum Gasteiger partial charge on any atom is -0.353 e. The van der Waals surface area contributed by atoms with Crippen LogP contribution in [0.3, 0.4) is 0 Å². The fourth-order valence-corrected chi connectivity index (χ4v) is 2.11. The van der Waals surface area contributed by atoms with E-state index in [0.29, 0.717) is 12.6 Å². The Morgan fingerprint density at radius 2 is 1.95 bits per heavy atom. The highest BCUT2D eigenvalue weighted by atomic mass is 16.2. The minimum atomic E-state index is -0.186. The molecule has 1 aliphatic rings. The quantitative estimate of drug-likeness (QED) is 0.906. The van der Waals surface area contributed by atoms with Crippen LogP contribution in [0, 0.1) is 0 Å². The monoisotopic (exact) mass is 283 g/mol. The van der Waals surface area contributed by atoms with Gasteiger partial charge in [0.15, 0.2) is 0 Å². The molecule has 1 saturated carbocycles. The topological polar surface area (TPSA) is 64.0 Å². The van der Waals surface area contributed by atoms with E-state index in [4.69, 9.17) is 0 Å². The van der Waals surface area contributed by atoms with Crippen LogP contribution in [0.1, 0.15) is 19.3 Å². The zero-order valence-corrected chi connectivity index (χ0v) is 11.7. The molecule has 1 aromatic carbocycles. The average molecular weight is 283 g/mol. The van der Waals surface area contributed by atoms with Crippen molar-refractivity contribution in [2.75, 3.05) is 0 Å². The minimum absolute atomic E-state index is 0.0173. The maximum atomic E-state index is 11.8. The van der Waals surface area contributed by atoms with Gasteiger partial charge in [-0.2, -0.15) is 5.10 Å². The zero-order chi connectivity index (χ0) is 14.7. The van der Waals surface area contributed by atoms with E-state index in [2.05, 4.69) is 10.4 Å². The van der Waals surface area contributed by atoms with Crippen molar-refractivity contribution in [3.8, 4) is 11.3 Å². The Morgan fingerprint density at radius 3 is 2.67 bits per heavy atom. The van der Waals surface area contributed by atoms with Crippen LogP contribution in [-0.2, 0) is 11.3 Å². The number of aryl methyl sites for hydroxylation is 1. The second-order valence-corrected chi connectivity index (χ2v) is 5.24. The van der Waals surface area contributed by atoms with Gasteiger partial charge in [0, 0.05) is 24.1 Å². The van der Waals surface area contributed by atoms with Crippen molar-refractivity contribution >= 4 is 5.91 Å². The fraction of sp³-hybridized carbons (Fsp3) is 0.312. The summed E-state index contributed by atoms with van der Waals surface area (Å²) in [5.41, 5.74) is 1.50. The highest BCUT2D eigenvalue weighted by Gasteiger charge is 2.22. The number of carbonyl (C=O) groups is 1. The lowest BCUT2D eigenvalue weighted by molar-refractivity contribution is -0.121. The van der Waals surface area contributed by atoms with Crippen molar-refractivity contribution in [3.05, 3.63) is 52.8 Å². The van der Waals surface area contributed by atoms with Crippen molar-refractivity contribution in [1.82, 2.24) is 15.1 Å². The van der Waals surface area contributed by atoms with Gasteiger partial charge in [-0.15, -0.1) is 0 Å². The van der Waals surface area contributed by atoms with Gasteiger partial charge >= 0.3 is 0 Å². The van der Waals surface area contributed by atoms with E-state index in [0.717, 1.165) is 24.1 Å². The molecule has 1 heterocycles. The first-order chi connectivity index (χ1) is 10.2. The summed E-state index contributed by atoms with van der Waals surface area (Å²) in [5.74, 6) is -0.0173. The number of amides is 1. The summed E-state index contributed by atoms with van der Waals surface area (Å²) in [6, 6.07) is 13.2. The van der Waals surface area contributed by atoms with Gasteiger partial charge in [0.1, 0.15) is 0 Å². The molecule has 1 aliphatic carbocycles. The molecule has 0 radical (unpaired) electrons. The van der Waals surface area contributed by atoms with E-state index in [-0.39, 0.29) is 17.9 Å². The van der Waals surface area contributed by atoms with E-state index in [9.17, 15) is 9.59 Å². The first kappa shape index (κ1) is 13.5. The highest BCUT2D eigenvalue weighted by molar-refractivity contribution is 5.76. The van der Waals surface area contributed by atoms with Crippen LogP contribution < -0.4 is 10.9 Å². The number of benzene rings is 1. The number of rotatable bonds is 5. The molecule has 2 aromatic rings. The van der Waals surface area contributed by atoms with Gasteiger partial charge in [-0.1, -0.05) is 30.3 Å². The first-order valence-electron chi connectivity index (χ1n) is 7.15. The maximum absolute atomic E-state index is 11.8. The Bertz CT molecular complexity index is 690. The summed E-state index contributed by atoms with van der Waals surface area (Å²) in [5, 5.41) is 7.24. The number of nitrogens with zero attached hydrogens (tertiary/aromatic N) is 2. The van der Waals surface area contributed by atoms with Crippen molar-refractivity contribution in [1.29, 1.82) is 0 Å². The summed E-state index contributed by atoms with van der Waals surface area (Å²) >= 11 is 0. The van der Waals surface area contributed by atoms with Crippen LogP contribution in [0.4, 0.5) is 0 Å². The van der Waals surface area contributed by atoms with E-state index in [1.165, 1.54) is 10.7 Å². The molecule has 0 unspecified atom stereocenters. The predicted molar refractivity (Wildman–Crippen MR) is 79.7 cm³/mol. The third kappa shape index (κ3) is 3.56. The second kappa shape index (κ2) is 5.91. The highest BCUT2D eigenvalue weighted by Crippen LogP contribution is 2.18. The van der Waals surface area contributed by atoms with Crippen molar-refractivity contribution in [2.24, 2.45) is 0 Å². The SMILES string of the molecule is O=C(CCn1nc(-c2ccccc2)ccc1=O)NC1CC1. The Labute approximate surface area is 122 Å². The first-order valence-corrected chi connectivity index (χ1v) is 7.15. The molecule has 0 bridgehead atoms. The van der Waals surface area contributed by atoms with Crippen LogP contribution >= 0.6 is 0 Å². The largest absolute Gasteiger partial charge is 0.353 e. The van der Waals surface area contributed by atoms with E-state index < -0.39 is 0 Å². The number of nitrogens with one attached hydrogen (secondary N) is 1. The van der Waals surface area contributed by atoms with Gasteiger partial charge in [-0.25, -0.2) is 4.68 Å². The molecule has 0 aliphatic heterocycles. The smallest absolute Gasteiger partial charge is 0.266 e. The van der Waals surface area contributed by atoms with Crippen LogP contribution in [0.2, 0.25) is 0 Å². The van der Waals surface area contributed by atoms with Gasteiger partial charge < -0.3 is 5.32 Å². The Morgan fingerprint density at radius 1 is 1.19 bits per heavy atom. The van der Waals surface area contributed by atoms with Crippen molar-refractivity contribution in [3.63, 3.8) is 0 Å². The molecule has 0 atom stereocenters. The molecule has 0 spiro atoms. The standard InChI is InChI=1S/C16H17N3O2/c20-15(17-13-6-7-13)10-11-19-16(21)9-8-14(18-19)12-4-2-1-3-5-12/h1-5,8-9,13H,6-7,10-11H2,(H,17,20). The Kier molecular flexibility index (Phi) is 3.81.